The monoisotopic (exact) mass is 237 g/mol. The lowest BCUT2D eigenvalue weighted by Crippen LogP contribution is -2.15. The Kier molecular flexibility index (Phi) is 2.57. The lowest BCUT2D eigenvalue weighted by atomic mass is 9.97. The molecule has 0 unspecified atom stereocenters. The van der Waals surface area contributed by atoms with E-state index in [1.54, 1.807) is 0 Å². The molecule has 0 saturated heterocycles. The van der Waals surface area contributed by atoms with Crippen LogP contribution in [0.3, 0.4) is 0 Å². The lowest BCUT2D eigenvalue weighted by Gasteiger charge is -2.10. The Morgan fingerprint density at radius 1 is 1.35 bits per heavy atom. The summed E-state index contributed by atoms with van der Waals surface area (Å²) >= 11 is 0. The van der Waals surface area contributed by atoms with Gasteiger partial charge in [0.05, 0.1) is 0 Å². The van der Waals surface area contributed by atoms with Gasteiger partial charge in [-0.05, 0) is 12.1 Å². The number of hydrogen-bond donors (Lipinski definition) is 0. The summed E-state index contributed by atoms with van der Waals surface area (Å²) in [4.78, 5) is 15.1. The second-order valence-electron chi connectivity index (χ2n) is 4.65. The van der Waals surface area contributed by atoms with Gasteiger partial charge in [0.1, 0.15) is 0 Å². The van der Waals surface area contributed by atoms with Gasteiger partial charge in [-0.15, -0.1) is 9.78 Å². The van der Waals surface area contributed by atoms with Crippen LogP contribution in [0.4, 0.5) is 4.39 Å². The highest BCUT2D eigenvalue weighted by Crippen LogP contribution is 2.18. The van der Waals surface area contributed by atoms with Gasteiger partial charge >= 0.3 is 5.76 Å². The zero-order chi connectivity index (χ0) is 12.6. The molecule has 0 amide bonds. The Balaban J connectivity index is 2.54. The van der Waals surface area contributed by atoms with E-state index in [1.165, 1.54) is 18.2 Å². The number of pyridine rings is 1. The van der Waals surface area contributed by atoms with Crippen molar-refractivity contribution in [3.05, 3.63) is 40.6 Å². The molecule has 2 aromatic rings. The standard InChI is InChI=1S/C11H12FN3O2/c1-11(2,3)9-14-15(10(16)17-9)8-6-4-5-7(12)13-8/h4-6H,1-3H3. The van der Waals surface area contributed by atoms with Crippen molar-refractivity contribution in [2.45, 2.75) is 26.2 Å². The Labute approximate surface area is 96.9 Å². The highest BCUT2D eigenvalue weighted by Gasteiger charge is 2.23. The van der Waals surface area contributed by atoms with Crippen LogP contribution in [-0.2, 0) is 5.41 Å². The molecule has 0 aliphatic rings. The van der Waals surface area contributed by atoms with E-state index in [2.05, 4.69) is 10.1 Å². The van der Waals surface area contributed by atoms with E-state index in [1.807, 2.05) is 20.8 Å². The first-order valence-corrected chi connectivity index (χ1v) is 5.11. The summed E-state index contributed by atoms with van der Waals surface area (Å²) in [6, 6.07) is 4.13. The van der Waals surface area contributed by atoms with Gasteiger partial charge in [-0.25, -0.2) is 4.79 Å². The number of hydrogen-bond acceptors (Lipinski definition) is 4. The molecule has 0 saturated carbocycles. The smallest absolute Gasteiger partial charge is 0.391 e. The van der Waals surface area contributed by atoms with E-state index < -0.39 is 17.1 Å². The van der Waals surface area contributed by atoms with Gasteiger partial charge in [0.2, 0.25) is 11.8 Å². The minimum Gasteiger partial charge on any atom is -0.391 e. The first-order valence-electron chi connectivity index (χ1n) is 5.11. The third-order valence-electron chi connectivity index (χ3n) is 2.11. The predicted octanol–water partition coefficient (Wildman–Crippen LogP) is 1.66. The fourth-order valence-corrected chi connectivity index (χ4v) is 1.24. The van der Waals surface area contributed by atoms with Crippen LogP contribution >= 0.6 is 0 Å². The van der Waals surface area contributed by atoms with Crippen LogP contribution < -0.4 is 5.76 Å². The molecule has 6 heteroatoms. The fourth-order valence-electron chi connectivity index (χ4n) is 1.24. The average Bonchev–Trinajstić information content (AvgIpc) is 2.60. The molecule has 2 aromatic heterocycles. The first-order chi connectivity index (χ1) is 7.88. The van der Waals surface area contributed by atoms with Crippen molar-refractivity contribution in [2.24, 2.45) is 0 Å². The van der Waals surface area contributed by atoms with E-state index in [9.17, 15) is 9.18 Å². The molecule has 90 valence electrons. The predicted molar refractivity (Wildman–Crippen MR) is 58.6 cm³/mol. The maximum Gasteiger partial charge on any atom is 0.443 e. The second-order valence-corrected chi connectivity index (χ2v) is 4.65. The molecule has 0 radical (unpaired) electrons. The molecular formula is C11H12FN3O2. The fraction of sp³-hybridized carbons (Fsp3) is 0.364. The van der Waals surface area contributed by atoms with Gasteiger partial charge in [0.15, 0.2) is 5.82 Å². The summed E-state index contributed by atoms with van der Waals surface area (Å²) in [5.41, 5.74) is -0.391. The molecule has 0 aliphatic heterocycles. The van der Waals surface area contributed by atoms with Gasteiger partial charge in [0.25, 0.3) is 0 Å². The van der Waals surface area contributed by atoms with Crippen molar-refractivity contribution >= 4 is 0 Å². The Morgan fingerprint density at radius 3 is 2.59 bits per heavy atom. The van der Waals surface area contributed by atoms with Crippen molar-refractivity contribution in [1.29, 1.82) is 0 Å². The van der Waals surface area contributed by atoms with E-state index in [4.69, 9.17) is 4.42 Å². The maximum absolute atomic E-state index is 12.9. The number of aromatic nitrogens is 3. The molecule has 0 aromatic carbocycles. The molecule has 0 fully saturated rings. The van der Waals surface area contributed by atoms with Crippen molar-refractivity contribution in [3.63, 3.8) is 0 Å². The van der Waals surface area contributed by atoms with Gasteiger partial charge in [0, 0.05) is 5.41 Å². The molecule has 2 heterocycles. The molecule has 17 heavy (non-hydrogen) atoms. The lowest BCUT2D eigenvalue weighted by molar-refractivity contribution is 0.375. The summed E-state index contributed by atoms with van der Waals surface area (Å²) in [7, 11) is 0. The van der Waals surface area contributed by atoms with Crippen LogP contribution in [0.2, 0.25) is 0 Å². The van der Waals surface area contributed by atoms with Crippen LogP contribution in [0.15, 0.2) is 27.4 Å². The molecule has 0 N–H and O–H groups in total. The van der Waals surface area contributed by atoms with Crippen molar-refractivity contribution in [2.75, 3.05) is 0 Å². The molecular weight excluding hydrogens is 225 g/mol. The van der Waals surface area contributed by atoms with Crippen molar-refractivity contribution in [3.8, 4) is 5.82 Å². The van der Waals surface area contributed by atoms with Gasteiger partial charge < -0.3 is 4.42 Å². The average molecular weight is 237 g/mol. The van der Waals surface area contributed by atoms with Crippen LogP contribution in [-0.4, -0.2) is 14.8 Å². The summed E-state index contributed by atoms with van der Waals surface area (Å²) in [6.45, 7) is 5.59. The number of rotatable bonds is 1. The van der Waals surface area contributed by atoms with Crippen molar-refractivity contribution in [1.82, 2.24) is 14.8 Å². The highest BCUT2D eigenvalue weighted by atomic mass is 19.1. The van der Waals surface area contributed by atoms with Crippen LogP contribution in [0, 0.1) is 5.95 Å². The van der Waals surface area contributed by atoms with E-state index in [0.29, 0.717) is 0 Å². The SMILES string of the molecule is CC(C)(C)c1nn(-c2cccc(F)n2)c(=O)o1. The van der Waals surface area contributed by atoms with Crippen LogP contribution in [0.5, 0.6) is 0 Å². The van der Waals surface area contributed by atoms with Crippen LogP contribution in [0.25, 0.3) is 5.82 Å². The third-order valence-corrected chi connectivity index (χ3v) is 2.11. The zero-order valence-electron chi connectivity index (χ0n) is 9.77. The summed E-state index contributed by atoms with van der Waals surface area (Å²) < 4.78 is 18.9. The van der Waals surface area contributed by atoms with Crippen LogP contribution in [0.1, 0.15) is 26.7 Å². The van der Waals surface area contributed by atoms with Gasteiger partial charge in [-0.1, -0.05) is 26.8 Å². The summed E-state index contributed by atoms with van der Waals surface area (Å²) in [6.07, 6.45) is 0. The molecule has 0 bridgehead atoms. The first kappa shape index (κ1) is 11.5. The Hall–Kier alpha value is -1.98. The minimum atomic E-state index is -0.673. The molecule has 0 spiro atoms. The highest BCUT2D eigenvalue weighted by molar-refractivity contribution is 5.19. The number of nitrogens with zero attached hydrogens (tertiary/aromatic N) is 3. The zero-order valence-corrected chi connectivity index (χ0v) is 9.77. The summed E-state index contributed by atoms with van der Waals surface area (Å²) in [5, 5.41) is 4.00. The quantitative estimate of drug-likeness (QED) is 0.707. The van der Waals surface area contributed by atoms with E-state index in [0.717, 1.165) is 4.68 Å². The molecule has 2 rings (SSSR count). The van der Waals surface area contributed by atoms with E-state index >= 15 is 0 Å². The molecule has 0 aliphatic carbocycles. The topological polar surface area (TPSA) is 60.9 Å². The number of halogens is 1. The van der Waals surface area contributed by atoms with Crippen molar-refractivity contribution < 1.29 is 8.81 Å². The third kappa shape index (κ3) is 2.25. The van der Waals surface area contributed by atoms with E-state index in [-0.39, 0.29) is 11.7 Å². The Bertz CT molecular complexity index is 595. The molecule has 0 atom stereocenters. The van der Waals surface area contributed by atoms with Gasteiger partial charge in [-0.2, -0.15) is 9.37 Å². The maximum atomic E-state index is 12.9. The second kappa shape index (κ2) is 3.80. The Morgan fingerprint density at radius 2 is 2.06 bits per heavy atom. The summed E-state index contributed by atoms with van der Waals surface area (Å²) in [5.74, 6) is -0.953. The minimum absolute atomic E-state index is 0.106. The van der Waals surface area contributed by atoms with Gasteiger partial charge in [-0.3, -0.25) is 0 Å². The normalized spacial score (nSPS) is 11.8. The largest absolute Gasteiger partial charge is 0.443 e. The molecule has 5 nitrogen and oxygen atoms in total.